The summed E-state index contributed by atoms with van der Waals surface area (Å²) in [7, 11) is 1.80. The molecule has 1 aliphatic carbocycles. The van der Waals surface area contributed by atoms with Crippen molar-refractivity contribution in [2.75, 3.05) is 11.9 Å². The van der Waals surface area contributed by atoms with Gasteiger partial charge in [0.25, 0.3) is 0 Å². The molecule has 1 aromatic carbocycles. The molecule has 1 aromatic rings. The lowest BCUT2D eigenvalue weighted by Gasteiger charge is -2.26. The standard InChI is InChI=1S/C15H21NO2/c1-11(13-9-6-10-14(13)17)15(18)16(2)12-7-4-3-5-8-12/h3-5,7-8,11,13-14,17H,6,9-10H2,1-2H3. The SMILES string of the molecule is CC(C(=O)N(C)c1ccccc1)C1CCCC1O. The first-order valence-corrected chi connectivity index (χ1v) is 6.62. The fourth-order valence-corrected chi connectivity index (χ4v) is 2.82. The molecule has 1 amide bonds. The average Bonchev–Trinajstić information content (AvgIpc) is 2.83. The number of hydrogen-bond acceptors (Lipinski definition) is 2. The minimum absolute atomic E-state index is 0.0900. The van der Waals surface area contributed by atoms with Crippen LogP contribution < -0.4 is 4.90 Å². The predicted molar refractivity (Wildman–Crippen MR) is 72.4 cm³/mol. The van der Waals surface area contributed by atoms with Crippen molar-refractivity contribution in [3.63, 3.8) is 0 Å². The van der Waals surface area contributed by atoms with Crippen LogP contribution >= 0.6 is 0 Å². The molecule has 1 N–H and O–H groups in total. The third-order valence-electron chi connectivity index (χ3n) is 4.04. The van der Waals surface area contributed by atoms with Crippen LogP contribution in [0.5, 0.6) is 0 Å². The molecular weight excluding hydrogens is 226 g/mol. The fourth-order valence-electron chi connectivity index (χ4n) is 2.82. The highest BCUT2D eigenvalue weighted by atomic mass is 16.3. The van der Waals surface area contributed by atoms with Gasteiger partial charge in [-0.1, -0.05) is 31.5 Å². The van der Waals surface area contributed by atoms with Crippen LogP contribution in [-0.2, 0) is 4.79 Å². The Morgan fingerprint density at radius 2 is 2.00 bits per heavy atom. The highest BCUT2D eigenvalue weighted by Crippen LogP contribution is 2.33. The van der Waals surface area contributed by atoms with Crippen LogP contribution in [0.15, 0.2) is 30.3 Å². The molecule has 0 bridgehead atoms. The van der Waals surface area contributed by atoms with E-state index in [-0.39, 0.29) is 23.8 Å². The molecule has 3 unspecified atom stereocenters. The van der Waals surface area contributed by atoms with Gasteiger partial charge in [-0.05, 0) is 30.9 Å². The van der Waals surface area contributed by atoms with Crippen LogP contribution in [-0.4, -0.2) is 24.2 Å². The van der Waals surface area contributed by atoms with Crippen LogP contribution in [0.4, 0.5) is 5.69 Å². The minimum atomic E-state index is -0.312. The Balaban J connectivity index is 2.07. The first kappa shape index (κ1) is 13.1. The highest BCUT2D eigenvalue weighted by molar-refractivity contribution is 5.94. The molecular formula is C15H21NO2. The van der Waals surface area contributed by atoms with Gasteiger partial charge in [0, 0.05) is 18.7 Å². The van der Waals surface area contributed by atoms with Crippen molar-refractivity contribution in [3.8, 4) is 0 Å². The molecule has 3 atom stereocenters. The molecule has 0 heterocycles. The van der Waals surface area contributed by atoms with E-state index in [1.165, 1.54) is 0 Å². The summed E-state index contributed by atoms with van der Waals surface area (Å²) < 4.78 is 0. The van der Waals surface area contributed by atoms with E-state index in [1.54, 1.807) is 11.9 Å². The Labute approximate surface area is 108 Å². The van der Waals surface area contributed by atoms with Gasteiger partial charge in [0.05, 0.1) is 6.10 Å². The number of carbonyl (C=O) groups excluding carboxylic acids is 1. The molecule has 0 saturated heterocycles. The quantitative estimate of drug-likeness (QED) is 0.891. The Bertz CT molecular complexity index is 404. The number of carbonyl (C=O) groups is 1. The van der Waals surface area contributed by atoms with Gasteiger partial charge in [-0.2, -0.15) is 0 Å². The van der Waals surface area contributed by atoms with E-state index in [4.69, 9.17) is 0 Å². The van der Waals surface area contributed by atoms with Crippen LogP contribution in [0.25, 0.3) is 0 Å². The van der Waals surface area contributed by atoms with Gasteiger partial charge in [-0.15, -0.1) is 0 Å². The lowest BCUT2D eigenvalue weighted by atomic mass is 9.89. The first-order chi connectivity index (χ1) is 8.61. The molecule has 98 valence electrons. The summed E-state index contributed by atoms with van der Waals surface area (Å²) in [5.74, 6) is 0.0866. The Kier molecular flexibility index (Phi) is 4.02. The molecule has 0 aliphatic heterocycles. The second kappa shape index (κ2) is 5.53. The maximum Gasteiger partial charge on any atom is 0.229 e. The smallest absolute Gasteiger partial charge is 0.229 e. The summed E-state index contributed by atoms with van der Waals surface area (Å²) >= 11 is 0. The van der Waals surface area contributed by atoms with Crippen molar-refractivity contribution in [2.24, 2.45) is 11.8 Å². The lowest BCUT2D eigenvalue weighted by Crippen LogP contribution is -2.37. The predicted octanol–water partition coefficient (Wildman–Crippen LogP) is 2.45. The molecule has 1 aliphatic rings. The molecule has 0 radical (unpaired) electrons. The Morgan fingerprint density at radius 3 is 2.56 bits per heavy atom. The number of para-hydroxylation sites is 1. The number of aliphatic hydroxyl groups is 1. The van der Waals surface area contributed by atoms with Crippen LogP contribution in [0.2, 0.25) is 0 Å². The zero-order valence-corrected chi connectivity index (χ0v) is 11.0. The Morgan fingerprint density at radius 1 is 1.33 bits per heavy atom. The minimum Gasteiger partial charge on any atom is -0.393 e. The third-order valence-corrected chi connectivity index (χ3v) is 4.04. The zero-order valence-electron chi connectivity index (χ0n) is 11.0. The lowest BCUT2D eigenvalue weighted by molar-refractivity contribution is -0.124. The molecule has 18 heavy (non-hydrogen) atoms. The normalized spacial score (nSPS) is 24.8. The number of rotatable bonds is 3. The van der Waals surface area contributed by atoms with E-state index < -0.39 is 0 Å². The number of amides is 1. The van der Waals surface area contributed by atoms with Crippen molar-refractivity contribution in [1.82, 2.24) is 0 Å². The summed E-state index contributed by atoms with van der Waals surface area (Å²) in [6.45, 7) is 1.93. The summed E-state index contributed by atoms with van der Waals surface area (Å²) in [6, 6.07) is 9.64. The van der Waals surface area contributed by atoms with Gasteiger partial charge in [0.15, 0.2) is 0 Å². The van der Waals surface area contributed by atoms with Crippen molar-refractivity contribution < 1.29 is 9.90 Å². The van der Waals surface area contributed by atoms with Gasteiger partial charge < -0.3 is 10.0 Å². The van der Waals surface area contributed by atoms with Gasteiger partial charge in [-0.25, -0.2) is 0 Å². The van der Waals surface area contributed by atoms with Crippen LogP contribution in [0.3, 0.4) is 0 Å². The van der Waals surface area contributed by atoms with Crippen molar-refractivity contribution >= 4 is 11.6 Å². The molecule has 3 nitrogen and oxygen atoms in total. The van der Waals surface area contributed by atoms with Crippen LogP contribution in [0.1, 0.15) is 26.2 Å². The Hall–Kier alpha value is -1.35. The van der Waals surface area contributed by atoms with E-state index in [0.717, 1.165) is 24.9 Å². The number of aliphatic hydroxyl groups excluding tert-OH is 1. The second-order valence-electron chi connectivity index (χ2n) is 5.18. The zero-order chi connectivity index (χ0) is 13.1. The van der Waals surface area contributed by atoms with E-state index >= 15 is 0 Å². The van der Waals surface area contributed by atoms with Crippen LogP contribution in [0, 0.1) is 11.8 Å². The van der Waals surface area contributed by atoms with Crippen molar-refractivity contribution in [3.05, 3.63) is 30.3 Å². The molecule has 0 aromatic heterocycles. The number of benzene rings is 1. The van der Waals surface area contributed by atoms with E-state index in [1.807, 2.05) is 37.3 Å². The average molecular weight is 247 g/mol. The molecule has 1 saturated carbocycles. The summed E-state index contributed by atoms with van der Waals surface area (Å²) in [6.07, 6.45) is 2.50. The van der Waals surface area contributed by atoms with Gasteiger partial charge in [0.2, 0.25) is 5.91 Å². The number of anilines is 1. The van der Waals surface area contributed by atoms with Gasteiger partial charge in [0.1, 0.15) is 0 Å². The summed E-state index contributed by atoms with van der Waals surface area (Å²) in [5.41, 5.74) is 0.904. The summed E-state index contributed by atoms with van der Waals surface area (Å²) in [4.78, 5) is 14.1. The maximum absolute atomic E-state index is 12.4. The molecule has 0 spiro atoms. The molecule has 1 fully saturated rings. The highest BCUT2D eigenvalue weighted by Gasteiger charge is 2.35. The van der Waals surface area contributed by atoms with Gasteiger partial charge >= 0.3 is 0 Å². The monoisotopic (exact) mass is 247 g/mol. The maximum atomic E-state index is 12.4. The van der Waals surface area contributed by atoms with Gasteiger partial charge in [-0.3, -0.25) is 4.79 Å². The number of hydrogen-bond donors (Lipinski definition) is 1. The fraction of sp³-hybridized carbons (Fsp3) is 0.533. The number of nitrogens with zero attached hydrogens (tertiary/aromatic N) is 1. The molecule has 3 heteroatoms. The summed E-state index contributed by atoms with van der Waals surface area (Å²) in [5, 5.41) is 9.89. The largest absolute Gasteiger partial charge is 0.393 e. The van der Waals surface area contributed by atoms with Crippen molar-refractivity contribution in [1.29, 1.82) is 0 Å². The van der Waals surface area contributed by atoms with E-state index in [0.29, 0.717) is 0 Å². The van der Waals surface area contributed by atoms with E-state index in [2.05, 4.69) is 0 Å². The first-order valence-electron chi connectivity index (χ1n) is 6.62. The second-order valence-corrected chi connectivity index (χ2v) is 5.18. The molecule has 2 rings (SSSR count). The third kappa shape index (κ3) is 2.56. The van der Waals surface area contributed by atoms with E-state index in [9.17, 15) is 9.90 Å². The topological polar surface area (TPSA) is 40.5 Å². The van der Waals surface area contributed by atoms with Crippen molar-refractivity contribution in [2.45, 2.75) is 32.3 Å².